The van der Waals surface area contributed by atoms with Crippen LogP contribution < -0.4 is 4.90 Å². The third kappa shape index (κ3) is 5.95. The SMILES string of the molecule is CC1C2=C(C=CC1N(c1ccc(-c3ccccc3)cc1)c1ccc(-c3ccc4c(c3)c3cc5ccn(-c6ccccc6)c5cc3n4-c3ccccc3)cc1)c1ccccc1C2(C)C. The van der Waals surface area contributed by atoms with Gasteiger partial charge < -0.3 is 14.0 Å². The Morgan fingerprint density at radius 3 is 1.76 bits per heavy atom. The van der Waals surface area contributed by atoms with Crippen molar-refractivity contribution < 1.29 is 0 Å². The minimum atomic E-state index is -0.0546. The second-order valence-corrected chi connectivity index (χ2v) is 17.8. The molecule has 0 radical (unpaired) electrons. The number of para-hydroxylation sites is 2. The van der Waals surface area contributed by atoms with Gasteiger partial charge in [0.2, 0.25) is 0 Å². The minimum Gasteiger partial charge on any atom is -0.334 e. The lowest BCUT2D eigenvalue weighted by Crippen LogP contribution is -2.40. The van der Waals surface area contributed by atoms with E-state index in [0.29, 0.717) is 0 Å². The molecule has 3 nitrogen and oxygen atoms in total. The first-order valence-electron chi connectivity index (χ1n) is 22.2. The molecule has 0 amide bonds. The molecule has 8 aromatic carbocycles. The van der Waals surface area contributed by atoms with Gasteiger partial charge in [-0.2, -0.15) is 0 Å². The van der Waals surface area contributed by atoms with Gasteiger partial charge in [0.1, 0.15) is 0 Å². The average molecular weight is 810 g/mol. The van der Waals surface area contributed by atoms with Crippen molar-refractivity contribution in [1.29, 1.82) is 0 Å². The summed E-state index contributed by atoms with van der Waals surface area (Å²) in [5.74, 6) is 0.279. The predicted octanol–water partition coefficient (Wildman–Crippen LogP) is 15.5. The summed E-state index contributed by atoms with van der Waals surface area (Å²) in [6.07, 6.45) is 7.04. The van der Waals surface area contributed by atoms with Crippen molar-refractivity contribution in [3.05, 3.63) is 235 Å². The fraction of sp³-hybridized carbons (Fsp3) is 0.100. The van der Waals surface area contributed by atoms with Crippen LogP contribution in [-0.2, 0) is 5.41 Å². The van der Waals surface area contributed by atoms with Crippen molar-refractivity contribution in [2.75, 3.05) is 4.90 Å². The molecule has 0 N–H and O–H groups in total. The smallest absolute Gasteiger partial charge is 0.0588 e. The molecule has 2 aliphatic rings. The van der Waals surface area contributed by atoms with Gasteiger partial charge in [-0.25, -0.2) is 0 Å². The van der Waals surface area contributed by atoms with Crippen LogP contribution in [0.25, 0.3) is 71.9 Å². The maximum Gasteiger partial charge on any atom is 0.0588 e. The van der Waals surface area contributed by atoms with Gasteiger partial charge in [0.15, 0.2) is 0 Å². The highest BCUT2D eigenvalue weighted by molar-refractivity contribution is 6.14. The van der Waals surface area contributed by atoms with E-state index in [1.807, 2.05) is 0 Å². The fourth-order valence-electron chi connectivity index (χ4n) is 11.0. The summed E-state index contributed by atoms with van der Waals surface area (Å²) < 4.78 is 4.72. The van der Waals surface area contributed by atoms with E-state index >= 15 is 0 Å². The Morgan fingerprint density at radius 1 is 0.492 bits per heavy atom. The van der Waals surface area contributed by atoms with Gasteiger partial charge in [-0.05, 0) is 123 Å². The molecule has 0 saturated heterocycles. The summed E-state index contributed by atoms with van der Waals surface area (Å²) >= 11 is 0. The number of hydrogen-bond acceptors (Lipinski definition) is 1. The number of anilines is 2. The Labute approximate surface area is 369 Å². The molecule has 0 bridgehead atoms. The molecular formula is C60H47N3. The Bertz CT molecular complexity index is 3400. The van der Waals surface area contributed by atoms with E-state index in [2.05, 4.69) is 253 Å². The summed E-state index contributed by atoms with van der Waals surface area (Å²) in [4.78, 5) is 2.56. The zero-order chi connectivity index (χ0) is 42.2. The number of aromatic nitrogens is 2. The van der Waals surface area contributed by atoms with Crippen LogP contribution in [-0.4, -0.2) is 15.2 Å². The molecule has 0 saturated carbocycles. The van der Waals surface area contributed by atoms with Crippen LogP contribution in [0.2, 0.25) is 0 Å². The molecule has 2 unspecified atom stereocenters. The standard InChI is InChI=1S/C60H47N3/c1-40-55(34-32-51-50-21-13-14-22-54(50)60(2,3)59(40)51)62(48-28-23-42(24-29-48)41-15-7-4-8-16-41)49-30-25-43(26-31-49)44-27-33-56-52(37-44)53-38-45-35-36-61(46-17-9-5-10-18-46)57(45)39-58(53)63(56)47-19-11-6-12-20-47/h4-40,55H,1-3H3. The molecule has 10 aromatic rings. The van der Waals surface area contributed by atoms with E-state index in [9.17, 15) is 0 Å². The van der Waals surface area contributed by atoms with Gasteiger partial charge in [0, 0.05) is 56.4 Å². The van der Waals surface area contributed by atoms with Crippen molar-refractivity contribution in [2.45, 2.75) is 32.2 Å². The van der Waals surface area contributed by atoms with Crippen molar-refractivity contribution in [1.82, 2.24) is 9.13 Å². The van der Waals surface area contributed by atoms with E-state index in [-0.39, 0.29) is 17.4 Å². The summed E-state index contributed by atoms with van der Waals surface area (Å²) in [7, 11) is 0. The predicted molar refractivity (Wildman–Crippen MR) is 266 cm³/mol. The van der Waals surface area contributed by atoms with Gasteiger partial charge in [-0.15, -0.1) is 0 Å². The Morgan fingerprint density at radius 2 is 1.06 bits per heavy atom. The molecule has 2 aliphatic carbocycles. The summed E-state index contributed by atoms with van der Waals surface area (Å²) in [6, 6.07) is 73.6. The molecule has 0 fully saturated rings. The summed E-state index contributed by atoms with van der Waals surface area (Å²) in [5.41, 5.74) is 18.8. The molecule has 302 valence electrons. The Kier molecular flexibility index (Phi) is 8.55. The van der Waals surface area contributed by atoms with Gasteiger partial charge in [-0.1, -0.05) is 154 Å². The largest absolute Gasteiger partial charge is 0.334 e. The number of allylic oxidation sites excluding steroid dienone is 2. The van der Waals surface area contributed by atoms with Crippen molar-refractivity contribution in [3.8, 4) is 33.6 Å². The highest BCUT2D eigenvalue weighted by Gasteiger charge is 2.44. The maximum absolute atomic E-state index is 2.56. The van der Waals surface area contributed by atoms with Crippen LogP contribution in [0.3, 0.4) is 0 Å². The van der Waals surface area contributed by atoms with Crippen molar-refractivity contribution in [2.24, 2.45) is 5.92 Å². The van der Waals surface area contributed by atoms with Crippen LogP contribution in [0.15, 0.2) is 224 Å². The monoisotopic (exact) mass is 809 g/mol. The molecule has 2 aromatic heterocycles. The van der Waals surface area contributed by atoms with Crippen molar-refractivity contribution in [3.63, 3.8) is 0 Å². The van der Waals surface area contributed by atoms with E-state index in [1.165, 1.54) is 88.6 Å². The molecule has 0 spiro atoms. The highest BCUT2D eigenvalue weighted by atomic mass is 15.2. The van der Waals surface area contributed by atoms with E-state index in [1.54, 1.807) is 0 Å². The third-order valence-corrected chi connectivity index (χ3v) is 13.9. The highest BCUT2D eigenvalue weighted by Crippen LogP contribution is 2.53. The molecule has 63 heavy (non-hydrogen) atoms. The van der Waals surface area contributed by atoms with Gasteiger partial charge >= 0.3 is 0 Å². The molecule has 3 heteroatoms. The Balaban J connectivity index is 0.956. The molecular weight excluding hydrogens is 763 g/mol. The number of fused-ring (bicyclic) bond motifs is 6. The first-order valence-corrected chi connectivity index (χ1v) is 22.2. The third-order valence-electron chi connectivity index (χ3n) is 13.9. The van der Waals surface area contributed by atoms with E-state index < -0.39 is 0 Å². The number of hydrogen-bond donors (Lipinski definition) is 0. The quantitative estimate of drug-likeness (QED) is 0.156. The topological polar surface area (TPSA) is 13.1 Å². The maximum atomic E-state index is 2.56. The first kappa shape index (κ1) is 37.2. The fourth-order valence-corrected chi connectivity index (χ4v) is 11.0. The lowest BCUT2D eigenvalue weighted by Gasteiger charge is -2.41. The molecule has 12 rings (SSSR count). The lowest BCUT2D eigenvalue weighted by molar-refractivity contribution is 0.488. The van der Waals surface area contributed by atoms with Crippen LogP contribution in [0.4, 0.5) is 11.4 Å². The van der Waals surface area contributed by atoms with E-state index in [0.717, 1.165) is 11.4 Å². The molecule has 2 heterocycles. The zero-order valence-corrected chi connectivity index (χ0v) is 35.8. The minimum absolute atomic E-state index is 0.0546. The average Bonchev–Trinajstić information content (AvgIpc) is 3.97. The molecule has 2 atom stereocenters. The zero-order valence-electron chi connectivity index (χ0n) is 35.8. The van der Waals surface area contributed by atoms with Crippen LogP contribution in [0.5, 0.6) is 0 Å². The first-order chi connectivity index (χ1) is 30.9. The number of benzene rings is 8. The summed E-state index contributed by atoms with van der Waals surface area (Å²) in [5, 5.41) is 3.72. The van der Waals surface area contributed by atoms with Gasteiger partial charge in [0.25, 0.3) is 0 Å². The van der Waals surface area contributed by atoms with Crippen LogP contribution in [0, 0.1) is 5.92 Å². The van der Waals surface area contributed by atoms with Crippen LogP contribution >= 0.6 is 0 Å². The van der Waals surface area contributed by atoms with Crippen molar-refractivity contribution >= 4 is 49.7 Å². The number of rotatable bonds is 7. The van der Waals surface area contributed by atoms with E-state index in [4.69, 9.17) is 0 Å². The lowest BCUT2D eigenvalue weighted by atomic mass is 9.72. The van der Waals surface area contributed by atoms with Gasteiger partial charge in [-0.3, -0.25) is 0 Å². The van der Waals surface area contributed by atoms with Gasteiger partial charge in [0.05, 0.1) is 22.6 Å². The van der Waals surface area contributed by atoms with Crippen LogP contribution in [0.1, 0.15) is 31.9 Å². The second-order valence-electron chi connectivity index (χ2n) is 17.8. The molecule has 0 aliphatic heterocycles. The summed E-state index contributed by atoms with van der Waals surface area (Å²) in [6.45, 7) is 7.25. The normalized spacial score (nSPS) is 16.5. The number of nitrogens with zero attached hydrogens (tertiary/aromatic N) is 3. The Hall–Kier alpha value is -7.62. The second kappa shape index (κ2) is 14.5.